The smallest absolute Gasteiger partial charge is 0.0226 e. The first kappa shape index (κ1) is 15.7. The van der Waals surface area contributed by atoms with E-state index in [9.17, 15) is 0 Å². The van der Waals surface area contributed by atoms with Crippen LogP contribution >= 0.6 is 8.58 Å². The summed E-state index contributed by atoms with van der Waals surface area (Å²) in [5.74, 6) is 0. The van der Waals surface area contributed by atoms with Crippen LogP contribution < -0.4 is 5.30 Å². The molecule has 17 heavy (non-hydrogen) atoms. The predicted octanol–water partition coefficient (Wildman–Crippen LogP) is 4.42. The van der Waals surface area contributed by atoms with Crippen molar-refractivity contribution in [3.8, 4) is 12.8 Å². The number of hydrogen-bond acceptors (Lipinski definition) is 0. The zero-order chi connectivity index (χ0) is 13.1. The highest BCUT2D eigenvalue weighted by Gasteiger charge is 1.94. The van der Waals surface area contributed by atoms with E-state index in [4.69, 9.17) is 0 Å². The van der Waals surface area contributed by atoms with Crippen LogP contribution in [0.4, 0.5) is 0 Å². The van der Waals surface area contributed by atoms with Crippen molar-refractivity contribution in [3.63, 3.8) is 0 Å². The molecule has 0 aromatic heterocycles. The summed E-state index contributed by atoms with van der Waals surface area (Å²) < 4.78 is 0. The Hall–Kier alpha value is -1.31. The standard InChI is InChI=1S/C14H19P.C2H2/c1-4-6-7-13(5-2)15-14-10-8-12(3)9-11-14;1-2/h5-11,15H,4H2,1-3H3;1-2H/b7-6-,13-5+;. The maximum Gasteiger partial charge on any atom is -0.0226 e. The molecule has 0 spiro atoms. The van der Waals surface area contributed by atoms with Crippen molar-refractivity contribution in [1.82, 2.24) is 0 Å². The van der Waals surface area contributed by atoms with Crippen molar-refractivity contribution in [2.45, 2.75) is 27.2 Å². The molecule has 0 radical (unpaired) electrons. The summed E-state index contributed by atoms with van der Waals surface area (Å²) in [6.07, 6.45) is 15.8. The molecule has 1 rings (SSSR count). The van der Waals surface area contributed by atoms with Crippen molar-refractivity contribution in [2.75, 3.05) is 0 Å². The van der Waals surface area contributed by atoms with E-state index in [1.807, 2.05) is 0 Å². The van der Waals surface area contributed by atoms with Crippen molar-refractivity contribution in [1.29, 1.82) is 0 Å². The van der Waals surface area contributed by atoms with Gasteiger partial charge in [-0.2, -0.15) is 0 Å². The van der Waals surface area contributed by atoms with Crippen LogP contribution in [0.3, 0.4) is 0 Å². The summed E-state index contributed by atoms with van der Waals surface area (Å²) in [6.45, 7) is 6.40. The van der Waals surface area contributed by atoms with Gasteiger partial charge >= 0.3 is 0 Å². The Kier molecular flexibility index (Phi) is 9.12. The SMILES string of the molecule is C#C.C/C=C(\C=C/CC)Pc1ccc(C)cc1. The van der Waals surface area contributed by atoms with Gasteiger partial charge in [0.05, 0.1) is 0 Å². The molecular weight excluding hydrogens is 223 g/mol. The average molecular weight is 244 g/mol. The zero-order valence-electron chi connectivity index (χ0n) is 10.9. The highest BCUT2D eigenvalue weighted by atomic mass is 31.1. The minimum absolute atomic E-state index is 0.776. The minimum Gasteiger partial charge on any atom is -0.124 e. The second kappa shape index (κ2) is 9.88. The van der Waals surface area contributed by atoms with Crippen LogP contribution in [0.1, 0.15) is 25.8 Å². The van der Waals surface area contributed by atoms with E-state index in [-0.39, 0.29) is 0 Å². The molecule has 0 heterocycles. The maximum absolute atomic E-state index is 4.00. The first-order valence-corrected chi connectivity index (χ1v) is 6.76. The van der Waals surface area contributed by atoms with E-state index in [0.29, 0.717) is 0 Å². The van der Waals surface area contributed by atoms with Crippen LogP contribution in [0.2, 0.25) is 0 Å². The predicted molar refractivity (Wildman–Crippen MR) is 82.2 cm³/mol. The lowest BCUT2D eigenvalue weighted by Gasteiger charge is -2.03. The first-order chi connectivity index (χ1) is 8.26. The molecule has 1 aromatic rings. The lowest BCUT2D eigenvalue weighted by molar-refractivity contribution is 1.22. The topological polar surface area (TPSA) is 0 Å². The molecule has 1 aromatic carbocycles. The Bertz CT molecular complexity index is 380. The number of rotatable bonds is 4. The molecule has 1 heteroatoms. The maximum atomic E-state index is 4.00. The highest BCUT2D eigenvalue weighted by Crippen LogP contribution is 2.24. The van der Waals surface area contributed by atoms with Gasteiger partial charge in [0.25, 0.3) is 0 Å². The molecule has 0 saturated carbocycles. The Balaban J connectivity index is 0.00000121. The average Bonchev–Trinajstić information content (AvgIpc) is 2.39. The van der Waals surface area contributed by atoms with Gasteiger partial charge in [0.2, 0.25) is 0 Å². The van der Waals surface area contributed by atoms with Crippen LogP contribution in [-0.4, -0.2) is 0 Å². The van der Waals surface area contributed by atoms with E-state index in [1.54, 1.807) is 0 Å². The van der Waals surface area contributed by atoms with Crippen molar-refractivity contribution in [3.05, 3.63) is 53.4 Å². The molecule has 0 aliphatic heterocycles. The van der Waals surface area contributed by atoms with Crippen LogP contribution in [0.5, 0.6) is 0 Å². The fraction of sp³-hybridized carbons (Fsp3) is 0.250. The molecule has 90 valence electrons. The molecule has 0 amide bonds. The van der Waals surface area contributed by atoms with E-state index in [1.165, 1.54) is 16.2 Å². The third kappa shape index (κ3) is 6.77. The summed E-state index contributed by atoms with van der Waals surface area (Å²) in [6, 6.07) is 8.80. The van der Waals surface area contributed by atoms with E-state index >= 15 is 0 Å². The van der Waals surface area contributed by atoms with Crippen LogP contribution in [0.15, 0.2) is 47.8 Å². The lowest BCUT2D eigenvalue weighted by Crippen LogP contribution is -1.92. The van der Waals surface area contributed by atoms with Crippen LogP contribution in [-0.2, 0) is 0 Å². The molecule has 0 fully saturated rings. The zero-order valence-corrected chi connectivity index (χ0v) is 11.9. The highest BCUT2D eigenvalue weighted by molar-refractivity contribution is 7.52. The van der Waals surface area contributed by atoms with Gasteiger partial charge in [-0.15, -0.1) is 12.8 Å². The van der Waals surface area contributed by atoms with Crippen LogP contribution in [0.25, 0.3) is 0 Å². The fourth-order valence-electron chi connectivity index (χ4n) is 1.26. The van der Waals surface area contributed by atoms with Crippen molar-refractivity contribution in [2.24, 2.45) is 0 Å². The lowest BCUT2D eigenvalue weighted by atomic mass is 10.2. The number of hydrogen-bond donors (Lipinski definition) is 0. The van der Waals surface area contributed by atoms with Crippen LogP contribution in [0, 0.1) is 19.8 Å². The number of aryl methyl sites for hydroxylation is 1. The van der Waals surface area contributed by atoms with Crippen molar-refractivity contribution >= 4 is 13.9 Å². The van der Waals surface area contributed by atoms with Gasteiger partial charge in [0.15, 0.2) is 0 Å². The van der Waals surface area contributed by atoms with Gasteiger partial charge in [-0.1, -0.05) is 63.6 Å². The second-order valence-corrected chi connectivity index (χ2v) is 4.95. The number of benzene rings is 1. The molecular formula is C16H21P. The van der Waals surface area contributed by atoms with Crippen molar-refractivity contribution < 1.29 is 0 Å². The number of allylic oxidation sites excluding steroid dienone is 4. The molecule has 0 bridgehead atoms. The molecule has 0 aliphatic carbocycles. The third-order valence-electron chi connectivity index (χ3n) is 2.18. The summed E-state index contributed by atoms with van der Waals surface area (Å²) in [7, 11) is 0.776. The van der Waals surface area contributed by atoms with Gasteiger partial charge in [-0.05, 0) is 30.9 Å². The fourth-order valence-corrected chi connectivity index (χ4v) is 2.27. The first-order valence-electron chi connectivity index (χ1n) is 5.76. The second-order valence-electron chi connectivity index (χ2n) is 3.55. The summed E-state index contributed by atoms with van der Waals surface area (Å²) in [4.78, 5) is 0. The van der Waals surface area contributed by atoms with E-state index < -0.39 is 0 Å². The molecule has 1 atom stereocenters. The molecule has 0 N–H and O–H groups in total. The Labute approximate surface area is 108 Å². The Morgan fingerprint density at radius 2 is 1.82 bits per heavy atom. The molecule has 0 nitrogen and oxygen atoms in total. The minimum atomic E-state index is 0.776. The monoisotopic (exact) mass is 244 g/mol. The molecule has 0 aliphatic rings. The van der Waals surface area contributed by atoms with Gasteiger partial charge in [0, 0.05) is 0 Å². The van der Waals surface area contributed by atoms with E-state index in [2.05, 4.69) is 76.1 Å². The summed E-state index contributed by atoms with van der Waals surface area (Å²) in [5.41, 5.74) is 1.33. The summed E-state index contributed by atoms with van der Waals surface area (Å²) in [5, 5.41) is 2.83. The largest absolute Gasteiger partial charge is 0.124 e. The quantitative estimate of drug-likeness (QED) is 0.418. The van der Waals surface area contributed by atoms with Gasteiger partial charge < -0.3 is 0 Å². The third-order valence-corrected chi connectivity index (χ3v) is 3.55. The molecule has 1 unspecified atom stereocenters. The molecule has 0 saturated heterocycles. The Morgan fingerprint density at radius 3 is 2.29 bits per heavy atom. The van der Waals surface area contributed by atoms with Gasteiger partial charge in [0.1, 0.15) is 0 Å². The van der Waals surface area contributed by atoms with Gasteiger partial charge in [-0.25, -0.2) is 0 Å². The Morgan fingerprint density at radius 1 is 1.24 bits per heavy atom. The number of terminal acetylenes is 1. The normalized spacial score (nSPS) is 11.7. The summed E-state index contributed by atoms with van der Waals surface area (Å²) >= 11 is 0. The van der Waals surface area contributed by atoms with Gasteiger partial charge in [-0.3, -0.25) is 0 Å². The van der Waals surface area contributed by atoms with E-state index in [0.717, 1.165) is 15.0 Å².